The van der Waals surface area contributed by atoms with Crippen molar-refractivity contribution < 1.29 is 9.53 Å². The molecule has 2 fully saturated rings. The van der Waals surface area contributed by atoms with Crippen molar-refractivity contribution in [2.24, 2.45) is 0 Å². The molecule has 4 heterocycles. The van der Waals surface area contributed by atoms with Crippen LogP contribution in [0.15, 0.2) is 83.3 Å². The fourth-order valence-electron chi connectivity index (χ4n) is 6.97. The van der Waals surface area contributed by atoms with E-state index in [9.17, 15) is 14.9 Å². The summed E-state index contributed by atoms with van der Waals surface area (Å²) >= 11 is 0. The van der Waals surface area contributed by atoms with Gasteiger partial charge in [-0.2, -0.15) is 5.26 Å². The predicted molar refractivity (Wildman–Crippen MR) is 183 cm³/mol. The number of piperazine rings is 1. The number of pyridine rings is 1. The summed E-state index contributed by atoms with van der Waals surface area (Å²) in [6, 6.07) is 21.0. The topological polar surface area (TPSA) is 134 Å². The molecule has 0 aliphatic carbocycles. The smallest absolute Gasteiger partial charge is 0.334 e. The number of rotatable bonds is 7. The highest BCUT2D eigenvalue weighted by Gasteiger charge is 2.34. The van der Waals surface area contributed by atoms with E-state index in [0.29, 0.717) is 66.2 Å². The zero-order valence-electron chi connectivity index (χ0n) is 27.4. The summed E-state index contributed by atoms with van der Waals surface area (Å²) in [5.41, 5.74) is 7.52. The molecule has 3 N–H and O–H groups in total. The lowest BCUT2D eigenvalue weighted by atomic mass is 9.95. The van der Waals surface area contributed by atoms with E-state index in [-0.39, 0.29) is 29.0 Å². The Bertz CT molecular complexity index is 1880. The number of piperidine rings is 1. The van der Waals surface area contributed by atoms with Gasteiger partial charge in [-0.25, -0.2) is 9.78 Å². The fraction of sp³-hybridized carbons (Fsp3) is 0.389. The van der Waals surface area contributed by atoms with Gasteiger partial charge in [-0.05, 0) is 89.1 Å². The van der Waals surface area contributed by atoms with Crippen molar-refractivity contribution in [2.45, 2.75) is 64.2 Å². The Morgan fingerprint density at radius 2 is 1.72 bits per heavy atom. The molecule has 1 amide bonds. The molecule has 4 aromatic rings. The summed E-state index contributed by atoms with van der Waals surface area (Å²) in [7, 11) is 0. The Labute approximate surface area is 274 Å². The number of imidazole rings is 1. The Kier molecular flexibility index (Phi) is 8.90. The lowest BCUT2D eigenvalue weighted by Crippen LogP contribution is -2.59. The van der Waals surface area contributed by atoms with Crippen molar-refractivity contribution in [1.29, 1.82) is 5.26 Å². The molecule has 2 saturated heterocycles. The molecule has 2 aromatic heterocycles. The molecule has 6 rings (SSSR count). The van der Waals surface area contributed by atoms with Crippen LogP contribution < -0.4 is 21.5 Å². The number of amides is 1. The van der Waals surface area contributed by atoms with Crippen LogP contribution in [0.5, 0.6) is 11.5 Å². The largest absolute Gasteiger partial charge is 0.457 e. The zero-order chi connectivity index (χ0) is 33.3. The van der Waals surface area contributed by atoms with E-state index in [1.165, 1.54) is 0 Å². The number of fused-ring (bicyclic) bond motifs is 1. The number of hydrogen-bond donors (Lipinski definition) is 2. The van der Waals surface area contributed by atoms with Crippen LogP contribution in [-0.2, 0) is 4.79 Å². The summed E-state index contributed by atoms with van der Waals surface area (Å²) in [4.78, 5) is 36.4. The first-order valence-electron chi connectivity index (χ1n) is 16.2. The third kappa shape index (κ3) is 6.52. The van der Waals surface area contributed by atoms with Gasteiger partial charge in [0.2, 0.25) is 0 Å². The number of carbonyl (C=O) groups excluding carboxylic acids is 1. The summed E-state index contributed by atoms with van der Waals surface area (Å²) in [5, 5.41) is 13.7. The number of likely N-dealkylation sites (tertiary alicyclic amines) is 1. The Balaban J connectivity index is 1.29. The van der Waals surface area contributed by atoms with Crippen molar-refractivity contribution in [3.63, 3.8) is 0 Å². The van der Waals surface area contributed by atoms with E-state index in [1.54, 1.807) is 32.4 Å². The second-order valence-electron chi connectivity index (χ2n) is 13.2. The lowest BCUT2D eigenvalue weighted by molar-refractivity contribution is -0.128. The zero-order valence-corrected chi connectivity index (χ0v) is 27.4. The van der Waals surface area contributed by atoms with Crippen LogP contribution in [0.25, 0.3) is 16.7 Å². The van der Waals surface area contributed by atoms with Crippen LogP contribution in [0.2, 0.25) is 0 Å². The third-order valence-electron chi connectivity index (χ3n) is 9.16. The van der Waals surface area contributed by atoms with Crippen molar-refractivity contribution >= 4 is 22.8 Å². The summed E-state index contributed by atoms with van der Waals surface area (Å²) in [5.74, 6) is 1.27. The molecular weight excluding hydrogens is 592 g/mol. The molecule has 0 radical (unpaired) electrons. The number of ether oxygens (including phenoxy) is 1. The number of para-hydroxylation sites is 1. The summed E-state index contributed by atoms with van der Waals surface area (Å²) < 4.78 is 9.25. The van der Waals surface area contributed by atoms with Gasteiger partial charge in [0, 0.05) is 50.0 Å². The molecule has 47 heavy (non-hydrogen) atoms. The second-order valence-corrected chi connectivity index (χ2v) is 13.2. The number of nitrogens with two attached hydrogens (primary N) is 1. The van der Waals surface area contributed by atoms with Crippen molar-refractivity contribution in [3.8, 4) is 23.3 Å². The minimum atomic E-state index is -0.489. The van der Waals surface area contributed by atoms with Gasteiger partial charge in [0.05, 0.1) is 17.2 Å². The number of hydrogen-bond acceptors (Lipinski definition) is 8. The number of nitrogen functional groups attached to an aromatic ring is 1. The Morgan fingerprint density at radius 3 is 2.40 bits per heavy atom. The van der Waals surface area contributed by atoms with Crippen molar-refractivity contribution in [3.05, 3.63) is 89.0 Å². The number of anilines is 1. The third-order valence-corrected chi connectivity index (χ3v) is 9.16. The minimum absolute atomic E-state index is 0.121. The van der Waals surface area contributed by atoms with Gasteiger partial charge in [-0.3, -0.25) is 18.8 Å². The number of nitrogens with one attached hydrogen (secondary N) is 1. The van der Waals surface area contributed by atoms with E-state index in [1.807, 2.05) is 54.6 Å². The van der Waals surface area contributed by atoms with Crippen molar-refractivity contribution in [1.82, 2.24) is 29.2 Å². The average Bonchev–Trinajstić information content (AvgIpc) is 3.36. The molecule has 3 atom stereocenters. The van der Waals surface area contributed by atoms with Crippen LogP contribution in [-0.4, -0.2) is 73.6 Å². The standard InChI is InChI=1S/C36H42N8O3/c1-24-21-42(22-25(2)40-24)36(3,4)19-26(20-37)34(45)41-18-8-9-28(23-41)43-31-16-17-39-33(38)32(31)44(35(43)46)27-12-14-30(15-13-27)47-29-10-6-5-7-11-29/h5-7,10-17,19,24-25,28,40H,8-9,18,21-23H2,1-4H3,(H2,38,39)/b26-19-/t24-,25+,28-/m1/s1. The highest BCUT2D eigenvalue weighted by atomic mass is 16.5. The molecule has 2 aromatic carbocycles. The fourth-order valence-corrected chi connectivity index (χ4v) is 6.97. The molecule has 0 spiro atoms. The quantitative estimate of drug-likeness (QED) is 0.222. The SMILES string of the molecule is C[C@@H]1CN(C(C)(C)/C=C(/C#N)C(=O)N2CCC[C@@H](n3c(=O)n(-c4ccc(Oc5ccccc5)cc4)c4c(N)nccc43)C2)C[C@H](C)N1. The summed E-state index contributed by atoms with van der Waals surface area (Å²) in [6.07, 6.45) is 4.79. The molecular formula is C36H42N8O3. The van der Waals surface area contributed by atoms with Gasteiger partial charge in [0.25, 0.3) is 5.91 Å². The van der Waals surface area contributed by atoms with E-state index in [0.717, 1.165) is 13.1 Å². The number of aromatic nitrogens is 3. The Hall–Kier alpha value is -4.92. The molecule has 2 aliphatic rings. The highest BCUT2D eigenvalue weighted by Crippen LogP contribution is 2.30. The first-order chi connectivity index (χ1) is 22.6. The van der Waals surface area contributed by atoms with Crippen LogP contribution >= 0.6 is 0 Å². The maximum atomic E-state index is 14.2. The van der Waals surface area contributed by atoms with Crippen molar-refractivity contribution in [2.75, 3.05) is 31.9 Å². The number of carbonyl (C=O) groups is 1. The predicted octanol–water partition coefficient (Wildman–Crippen LogP) is 4.64. The van der Waals surface area contributed by atoms with E-state index in [4.69, 9.17) is 10.5 Å². The first-order valence-corrected chi connectivity index (χ1v) is 16.2. The number of nitriles is 1. The molecule has 2 aliphatic heterocycles. The molecule has 11 heteroatoms. The van der Waals surface area contributed by atoms with Crippen LogP contribution in [0.3, 0.4) is 0 Å². The van der Waals surface area contributed by atoms with Crippen LogP contribution in [0, 0.1) is 11.3 Å². The number of nitrogens with zero attached hydrogens (tertiary/aromatic N) is 6. The van der Waals surface area contributed by atoms with Gasteiger partial charge in [-0.1, -0.05) is 18.2 Å². The van der Waals surface area contributed by atoms with Gasteiger partial charge in [0.1, 0.15) is 34.5 Å². The molecule has 11 nitrogen and oxygen atoms in total. The van der Waals surface area contributed by atoms with Gasteiger partial charge < -0.3 is 20.7 Å². The lowest BCUT2D eigenvalue weighted by Gasteiger charge is -2.44. The van der Waals surface area contributed by atoms with E-state index < -0.39 is 5.54 Å². The highest BCUT2D eigenvalue weighted by molar-refractivity contribution is 5.97. The summed E-state index contributed by atoms with van der Waals surface area (Å²) in [6.45, 7) is 10.8. The normalized spacial score (nSPS) is 21.0. The molecule has 0 bridgehead atoms. The van der Waals surface area contributed by atoms with Crippen LogP contribution in [0.4, 0.5) is 5.82 Å². The maximum absolute atomic E-state index is 14.2. The van der Waals surface area contributed by atoms with Crippen LogP contribution in [0.1, 0.15) is 46.6 Å². The van der Waals surface area contributed by atoms with E-state index in [2.05, 4.69) is 49.0 Å². The van der Waals surface area contributed by atoms with Gasteiger partial charge in [0.15, 0.2) is 0 Å². The second kappa shape index (κ2) is 13.1. The molecule has 0 unspecified atom stereocenters. The average molecular weight is 635 g/mol. The molecule has 244 valence electrons. The minimum Gasteiger partial charge on any atom is -0.457 e. The van der Waals surface area contributed by atoms with Gasteiger partial charge >= 0.3 is 5.69 Å². The van der Waals surface area contributed by atoms with E-state index >= 15 is 0 Å². The monoisotopic (exact) mass is 634 g/mol. The maximum Gasteiger partial charge on any atom is 0.334 e. The molecule has 0 saturated carbocycles. The first kappa shape index (κ1) is 32.0. The van der Waals surface area contributed by atoms with Gasteiger partial charge in [-0.15, -0.1) is 0 Å². The Morgan fingerprint density at radius 1 is 1.04 bits per heavy atom. The number of benzene rings is 2.